The number of hydrogen-bond donors (Lipinski definition) is 1. The molecule has 1 N–H and O–H groups in total. The lowest BCUT2D eigenvalue weighted by Gasteiger charge is -2.31. The van der Waals surface area contributed by atoms with Crippen LogP contribution in [-0.4, -0.2) is 19.8 Å². The van der Waals surface area contributed by atoms with Crippen LogP contribution >= 0.6 is 11.6 Å². The Balaban J connectivity index is 2.22. The molecule has 4 heteroatoms. The number of hydrogen-bond acceptors (Lipinski definition) is 2. The fourth-order valence-corrected chi connectivity index (χ4v) is 2.79. The number of nitrogens with one attached hydrogen (secondary N) is 1. The Bertz CT molecular complexity index is 407. The monoisotopic (exact) mass is 285 g/mol. The van der Waals surface area contributed by atoms with Crippen LogP contribution in [0.2, 0.25) is 5.02 Å². The SMILES string of the molecule is CCCNC(c1cc(Cl)ccc1F)C1CCCOC1. The van der Waals surface area contributed by atoms with E-state index in [2.05, 4.69) is 12.2 Å². The van der Waals surface area contributed by atoms with Crippen LogP contribution in [0.1, 0.15) is 37.8 Å². The zero-order valence-electron chi connectivity index (χ0n) is 11.3. The van der Waals surface area contributed by atoms with E-state index >= 15 is 0 Å². The van der Waals surface area contributed by atoms with E-state index in [4.69, 9.17) is 16.3 Å². The average Bonchev–Trinajstić information content (AvgIpc) is 2.44. The number of benzene rings is 1. The molecule has 1 aliphatic heterocycles. The molecule has 0 radical (unpaired) electrons. The Hall–Kier alpha value is -0.640. The molecule has 2 rings (SSSR count). The molecule has 1 aromatic carbocycles. The third-order valence-corrected chi connectivity index (χ3v) is 3.81. The minimum Gasteiger partial charge on any atom is -0.381 e. The van der Waals surface area contributed by atoms with Crippen LogP contribution in [0.15, 0.2) is 18.2 Å². The Morgan fingerprint density at radius 2 is 2.37 bits per heavy atom. The highest BCUT2D eigenvalue weighted by molar-refractivity contribution is 6.30. The zero-order chi connectivity index (χ0) is 13.7. The van der Waals surface area contributed by atoms with Crippen LogP contribution in [0.5, 0.6) is 0 Å². The minimum atomic E-state index is -0.191. The summed E-state index contributed by atoms with van der Waals surface area (Å²) in [4.78, 5) is 0. The fraction of sp³-hybridized carbons (Fsp3) is 0.600. The second kappa shape index (κ2) is 7.22. The van der Waals surface area contributed by atoms with Crippen molar-refractivity contribution in [1.29, 1.82) is 0 Å². The molecule has 0 bridgehead atoms. The first-order valence-electron chi connectivity index (χ1n) is 6.98. The highest BCUT2D eigenvalue weighted by atomic mass is 35.5. The number of halogens is 2. The molecule has 1 heterocycles. The van der Waals surface area contributed by atoms with Crippen molar-refractivity contribution in [1.82, 2.24) is 5.32 Å². The molecular weight excluding hydrogens is 265 g/mol. The van der Waals surface area contributed by atoms with Crippen LogP contribution in [0.3, 0.4) is 0 Å². The van der Waals surface area contributed by atoms with Gasteiger partial charge in [0.2, 0.25) is 0 Å². The van der Waals surface area contributed by atoms with Gasteiger partial charge in [-0.15, -0.1) is 0 Å². The molecule has 0 spiro atoms. The van der Waals surface area contributed by atoms with Crippen LogP contribution < -0.4 is 5.32 Å². The van der Waals surface area contributed by atoms with Gasteiger partial charge in [0.05, 0.1) is 6.61 Å². The van der Waals surface area contributed by atoms with E-state index in [9.17, 15) is 4.39 Å². The largest absolute Gasteiger partial charge is 0.381 e. The van der Waals surface area contributed by atoms with Crippen molar-refractivity contribution in [3.63, 3.8) is 0 Å². The van der Waals surface area contributed by atoms with Gasteiger partial charge in [-0.1, -0.05) is 18.5 Å². The summed E-state index contributed by atoms with van der Waals surface area (Å²) in [6.45, 7) is 4.48. The third kappa shape index (κ3) is 3.91. The van der Waals surface area contributed by atoms with Gasteiger partial charge in [-0.05, 0) is 44.0 Å². The minimum absolute atomic E-state index is 0.0149. The van der Waals surface area contributed by atoms with Gasteiger partial charge in [0, 0.05) is 29.2 Å². The summed E-state index contributed by atoms with van der Waals surface area (Å²) in [5.41, 5.74) is 0.663. The second-order valence-corrected chi connectivity index (χ2v) is 5.51. The van der Waals surface area contributed by atoms with E-state index in [1.165, 1.54) is 6.07 Å². The quantitative estimate of drug-likeness (QED) is 0.884. The molecule has 2 unspecified atom stereocenters. The lowest BCUT2D eigenvalue weighted by atomic mass is 9.88. The third-order valence-electron chi connectivity index (χ3n) is 3.57. The Kier molecular flexibility index (Phi) is 5.61. The maximum atomic E-state index is 14.1. The molecule has 0 aromatic heterocycles. The lowest BCUT2D eigenvalue weighted by molar-refractivity contribution is 0.0385. The summed E-state index contributed by atoms with van der Waals surface area (Å²) in [6.07, 6.45) is 3.12. The highest BCUT2D eigenvalue weighted by Crippen LogP contribution is 2.31. The first kappa shape index (κ1) is 14.8. The van der Waals surface area contributed by atoms with Gasteiger partial charge in [0.15, 0.2) is 0 Å². The van der Waals surface area contributed by atoms with E-state index in [1.807, 2.05) is 0 Å². The smallest absolute Gasteiger partial charge is 0.128 e. The summed E-state index contributed by atoms with van der Waals surface area (Å²) in [6, 6.07) is 4.76. The molecular formula is C15H21ClFNO. The van der Waals surface area contributed by atoms with Crippen molar-refractivity contribution >= 4 is 11.6 Å². The highest BCUT2D eigenvalue weighted by Gasteiger charge is 2.27. The first-order valence-corrected chi connectivity index (χ1v) is 7.36. The summed E-state index contributed by atoms with van der Waals surface area (Å²) < 4.78 is 19.6. The first-order chi connectivity index (χ1) is 9.22. The summed E-state index contributed by atoms with van der Waals surface area (Å²) in [5, 5.41) is 4.02. The van der Waals surface area contributed by atoms with Crippen LogP contribution in [0.25, 0.3) is 0 Å². The van der Waals surface area contributed by atoms with Gasteiger partial charge in [-0.25, -0.2) is 4.39 Å². The van der Waals surface area contributed by atoms with Crippen molar-refractivity contribution in [2.75, 3.05) is 19.8 Å². The molecule has 19 heavy (non-hydrogen) atoms. The molecule has 2 atom stereocenters. The van der Waals surface area contributed by atoms with Gasteiger partial charge in [0.1, 0.15) is 5.82 Å². The van der Waals surface area contributed by atoms with E-state index in [0.29, 0.717) is 23.1 Å². The van der Waals surface area contributed by atoms with Crippen molar-refractivity contribution in [3.8, 4) is 0 Å². The topological polar surface area (TPSA) is 21.3 Å². The van der Waals surface area contributed by atoms with Gasteiger partial charge in [-0.2, -0.15) is 0 Å². The van der Waals surface area contributed by atoms with Crippen LogP contribution in [-0.2, 0) is 4.74 Å². The van der Waals surface area contributed by atoms with Gasteiger partial charge < -0.3 is 10.1 Å². The lowest BCUT2D eigenvalue weighted by Crippen LogP contribution is -2.34. The van der Waals surface area contributed by atoms with Gasteiger partial charge >= 0.3 is 0 Å². The summed E-state index contributed by atoms with van der Waals surface area (Å²) >= 11 is 6.01. The van der Waals surface area contributed by atoms with Crippen molar-refractivity contribution in [2.45, 2.75) is 32.2 Å². The molecule has 1 aliphatic rings. The van der Waals surface area contributed by atoms with Crippen LogP contribution in [0.4, 0.5) is 4.39 Å². The Morgan fingerprint density at radius 3 is 3.05 bits per heavy atom. The molecule has 1 fully saturated rings. The van der Waals surface area contributed by atoms with E-state index in [1.54, 1.807) is 12.1 Å². The van der Waals surface area contributed by atoms with E-state index in [-0.39, 0.29) is 11.9 Å². The van der Waals surface area contributed by atoms with Gasteiger partial charge in [0.25, 0.3) is 0 Å². The normalized spacial score (nSPS) is 21.3. The predicted molar refractivity (Wildman–Crippen MR) is 76.0 cm³/mol. The Morgan fingerprint density at radius 1 is 1.53 bits per heavy atom. The molecule has 0 amide bonds. The maximum Gasteiger partial charge on any atom is 0.128 e. The molecule has 0 aliphatic carbocycles. The molecule has 2 nitrogen and oxygen atoms in total. The predicted octanol–water partition coefficient (Wildman–Crippen LogP) is 3.95. The summed E-state index contributed by atoms with van der Waals surface area (Å²) in [5.74, 6) is 0.122. The maximum absolute atomic E-state index is 14.1. The average molecular weight is 286 g/mol. The van der Waals surface area contributed by atoms with Crippen molar-refractivity contribution in [3.05, 3.63) is 34.6 Å². The van der Waals surface area contributed by atoms with E-state index in [0.717, 1.165) is 32.4 Å². The van der Waals surface area contributed by atoms with Crippen molar-refractivity contribution < 1.29 is 9.13 Å². The van der Waals surface area contributed by atoms with Crippen molar-refractivity contribution in [2.24, 2.45) is 5.92 Å². The zero-order valence-corrected chi connectivity index (χ0v) is 12.0. The molecule has 1 aromatic rings. The molecule has 106 valence electrons. The molecule has 1 saturated heterocycles. The summed E-state index contributed by atoms with van der Waals surface area (Å²) in [7, 11) is 0. The standard InChI is InChI=1S/C15H21ClFNO/c1-2-7-18-15(11-4-3-8-19-10-11)13-9-12(16)5-6-14(13)17/h5-6,9,11,15,18H,2-4,7-8,10H2,1H3. The van der Waals surface area contributed by atoms with E-state index < -0.39 is 0 Å². The Labute approximate surface area is 119 Å². The number of ether oxygens (including phenoxy) is 1. The second-order valence-electron chi connectivity index (χ2n) is 5.07. The molecule has 0 saturated carbocycles. The fourth-order valence-electron chi connectivity index (χ4n) is 2.61. The number of rotatable bonds is 5. The van der Waals surface area contributed by atoms with Crippen LogP contribution in [0, 0.1) is 11.7 Å². The van der Waals surface area contributed by atoms with Gasteiger partial charge in [-0.3, -0.25) is 0 Å².